The van der Waals surface area contributed by atoms with E-state index in [2.05, 4.69) is 31.3 Å². The molecule has 4 aromatic rings. The van der Waals surface area contributed by atoms with Gasteiger partial charge in [0.05, 0.1) is 11.6 Å². The molecule has 4 heterocycles. The lowest BCUT2D eigenvalue weighted by atomic mass is 10.0. The highest BCUT2D eigenvalue weighted by Gasteiger charge is 2.10. The molecule has 7 heteroatoms. The van der Waals surface area contributed by atoms with Crippen molar-refractivity contribution in [3.8, 4) is 6.07 Å². The Bertz CT molecular complexity index is 1110. The molecule has 0 amide bonds. The molecule has 0 atom stereocenters. The lowest BCUT2D eigenvalue weighted by Gasteiger charge is -2.07. The summed E-state index contributed by atoms with van der Waals surface area (Å²) >= 11 is 5.79. The maximum atomic E-state index is 9.33. The van der Waals surface area contributed by atoms with Crippen molar-refractivity contribution in [1.82, 2.24) is 19.9 Å². The van der Waals surface area contributed by atoms with Crippen molar-refractivity contribution in [2.24, 2.45) is 0 Å². The van der Waals surface area contributed by atoms with Crippen molar-refractivity contribution >= 4 is 28.5 Å². The fraction of sp³-hybridized carbons (Fsp3) is 0.100. The van der Waals surface area contributed by atoms with Gasteiger partial charge in [0, 0.05) is 43.1 Å². The van der Waals surface area contributed by atoms with Gasteiger partial charge in [0.25, 0.3) is 0 Å². The van der Waals surface area contributed by atoms with Crippen molar-refractivity contribution in [3.05, 3.63) is 82.5 Å². The van der Waals surface area contributed by atoms with Crippen LogP contribution in [0.2, 0.25) is 5.15 Å². The summed E-state index contributed by atoms with van der Waals surface area (Å²) in [6.45, 7) is 0.621. The fourth-order valence-electron chi connectivity index (χ4n) is 2.91. The average Bonchev–Trinajstić information content (AvgIpc) is 3.12. The van der Waals surface area contributed by atoms with Crippen LogP contribution in [0.5, 0.6) is 0 Å². The van der Waals surface area contributed by atoms with Crippen LogP contribution < -0.4 is 5.32 Å². The largest absolute Gasteiger partial charge is 0.366 e. The minimum atomic E-state index is 0.480. The molecule has 0 saturated carbocycles. The Labute approximate surface area is 160 Å². The van der Waals surface area contributed by atoms with Gasteiger partial charge in [0.1, 0.15) is 16.6 Å². The molecule has 0 aliphatic heterocycles. The number of aromatic nitrogens is 4. The van der Waals surface area contributed by atoms with Crippen LogP contribution in [0.15, 0.2) is 55.1 Å². The highest BCUT2D eigenvalue weighted by atomic mass is 35.5. The van der Waals surface area contributed by atoms with E-state index >= 15 is 0 Å². The summed E-state index contributed by atoms with van der Waals surface area (Å²) in [5, 5.41) is 13.9. The summed E-state index contributed by atoms with van der Waals surface area (Å²) < 4.78 is 0. The number of H-pyrrole nitrogens is 1. The summed E-state index contributed by atoms with van der Waals surface area (Å²) in [6, 6.07) is 11.6. The van der Waals surface area contributed by atoms with E-state index in [0.29, 0.717) is 23.7 Å². The molecule has 0 spiro atoms. The molecule has 0 radical (unpaired) electrons. The van der Waals surface area contributed by atoms with Gasteiger partial charge in [-0.1, -0.05) is 23.7 Å². The number of pyridine rings is 3. The maximum Gasteiger partial charge on any atom is 0.138 e. The minimum Gasteiger partial charge on any atom is -0.366 e. The molecule has 2 N–H and O–H groups in total. The van der Waals surface area contributed by atoms with Crippen molar-refractivity contribution in [3.63, 3.8) is 0 Å². The van der Waals surface area contributed by atoms with Crippen molar-refractivity contribution < 1.29 is 0 Å². The van der Waals surface area contributed by atoms with Crippen LogP contribution >= 0.6 is 11.6 Å². The molecule has 4 rings (SSSR count). The number of hydrogen-bond donors (Lipinski definition) is 2. The third-order valence-electron chi connectivity index (χ3n) is 4.26. The molecular weight excluding hydrogens is 360 g/mol. The standard InChI is InChI=1S/C20H15ClN6/c21-17-3-1-14(10-24-17)11-26-18-4-2-13(9-25-18)7-16-12-27-20-19(16)15(8-22)5-6-23-20/h1-6,9-10,12H,7,11H2,(H,23,27)(H,25,26). The Hall–Kier alpha value is -3.43. The number of hydrogen-bond acceptors (Lipinski definition) is 5. The zero-order valence-corrected chi connectivity index (χ0v) is 15.0. The summed E-state index contributed by atoms with van der Waals surface area (Å²) in [5.41, 5.74) is 4.47. The Balaban J connectivity index is 1.47. The third kappa shape index (κ3) is 3.73. The minimum absolute atomic E-state index is 0.480. The first-order chi connectivity index (χ1) is 13.2. The van der Waals surface area contributed by atoms with E-state index in [9.17, 15) is 5.26 Å². The van der Waals surface area contributed by atoms with Crippen LogP contribution in [0.1, 0.15) is 22.3 Å². The van der Waals surface area contributed by atoms with Gasteiger partial charge < -0.3 is 10.3 Å². The predicted octanol–water partition coefficient (Wildman–Crippen LogP) is 4.08. The predicted molar refractivity (Wildman–Crippen MR) is 104 cm³/mol. The van der Waals surface area contributed by atoms with Gasteiger partial charge in [-0.2, -0.15) is 5.26 Å². The lowest BCUT2D eigenvalue weighted by molar-refractivity contribution is 1.07. The van der Waals surface area contributed by atoms with E-state index in [1.54, 1.807) is 24.5 Å². The molecule has 0 saturated heterocycles. The van der Waals surface area contributed by atoms with Gasteiger partial charge in [0.15, 0.2) is 0 Å². The van der Waals surface area contributed by atoms with Crippen LogP contribution in [-0.2, 0) is 13.0 Å². The smallest absolute Gasteiger partial charge is 0.138 e. The Morgan fingerprint density at radius 1 is 1.04 bits per heavy atom. The summed E-state index contributed by atoms with van der Waals surface area (Å²) in [4.78, 5) is 15.9. The number of rotatable bonds is 5. The van der Waals surface area contributed by atoms with Crippen LogP contribution in [0.4, 0.5) is 5.82 Å². The van der Waals surface area contributed by atoms with Crippen LogP contribution in [-0.4, -0.2) is 19.9 Å². The number of aromatic amines is 1. The Kier molecular flexibility index (Phi) is 4.69. The molecule has 132 valence electrons. The molecule has 0 unspecified atom stereocenters. The molecule has 0 fully saturated rings. The van der Waals surface area contributed by atoms with Gasteiger partial charge in [-0.05, 0) is 34.9 Å². The highest BCUT2D eigenvalue weighted by Crippen LogP contribution is 2.23. The van der Waals surface area contributed by atoms with E-state index in [1.807, 2.05) is 30.6 Å². The quantitative estimate of drug-likeness (QED) is 0.513. The molecule has 0 aliphatic carbocycles. The molecule has 0 aromatic carbocycles. The highest BCUT2D eigenvalue weighted by molar-refractivity contribution is 6.29. The van der Waals surface area contributed by atoms with Gasteiger partial charge in [0.2, 0.25) is 0 Å². The second kappa shape index (κ2) is 7.44. The third-order valence-corrected chi connectivity index (χ3v) is 4.48. The second-order valence-corrected chi connectivity index (χ2v) is 6.47. The van der Waals surface area contributed by atoms with Crippen molar-refractivity contribution in [2.75, 3.05) is 5.32 Å². The molecule has 27 heavy (non-hydrogen) atoms. The fourth-order valence-corrected chi connectivity index (χ4v) is 3.03. The van der Waals surface area contributed by atoms with E-state index in [-0.39, 0.29) is 0 Å². The number of anilines is 1. The van der Waals surface area contributed by atoms with Crippen molar-refractivity contribution in [1.29, 1.82) is 5.26 Å². The second-order valence-electron chi connectivity index (χ2n) is 6.08. The number of nitrogens with zero attached hydrogens (tertiary/aromatic N) is 4. The normalized spacial score (nSPS) is 10.7. The van der Waals surface area contributed by atoms with Gasteiger partial charge in [-0.15, -0.1) is 0 Å². The van der Waals surface area contributed by atoms with Gasteiger partial charge >= 0.3 is 0 Å². The first kappa shape index (κ1) is 17.0. The maximum absolute atomic E-state index is 9.33. The lowest BCUT2D eigenvalue weighted by Crippen LogP contribution is -2.02. The number of fused-ring (bicyclic) bond motifs is 1. The van der Waals surface area contributed by atoms with E-state index < -0.39 is 0 Å². The number of nitriles is 1. The first-order valence-electron chi connectivity index (χ1n) is 8.37. The van der Waals surface area contributed by atoms with E-state index in [4.69, 9.17) is 11.6 Å². The average molecular weight is 375 g/mol. The van der Waals surface area contributed by atoms with Crippen LogP contribution in [0.25, 0.3) is 11.0 Å². The Morgan fingerprint density at radius 2 is 1.89 bits per heavy atom. The molecular formula is C20H15ClN6. The number of nitrogens with one attached hydrogen (secondary N) is 2. The van der Waals surface area contributed by atoms with Crippen LogP contribution in [0.3, 0.4) is 0 Å². The summed E-state index contributed by atoms with van der Waals surface area (Å²) in [7, 11) is 0. The van der Waals surface area contributed by atoms with Crippen LogP contribution in [0, 0.1) is 11.3 Å². The first-order valence-corrected chi connectivity index (χ1v) is 8.75. The number of halogens is 1. The zero-order chi connectivity index (χ0) is 18.6. The zero-order valence-electron chi connectivity index (χ0n) is 14.3. The molecule has 4 aromatic heterocycles. The monoisotopic (exact) mass is 374 g/mol. The molecule has 6 nitrogen and oxygen atoms in total. The van der Waals surface area contributed by atoms with Gasteiger partial charge in [-0.25, -0.2) is 15.0 Å². The van der Waals surface area contributed by atoms with E-state index in [1.165, 1.54) is 0 Å². The van der Waals surface area contributed by atoms with Crippen molar-refractivity contribution in [2.45, 2.75) is 13.0 Å². The summed E-state index contributed by atoms with van der Waals surface area (Å²) in [5.74, 6) is 0.784. The SMILES string of the molecule is N#Cc1ccnc2[nH]cc(Cc3ccc(NCc4ccc(Cl)nc4)nc3)c12. The topological polar surface area (TPSA) is 90.3 Å². The molecule has 0 bridgehead atoms. The summed E-state index contributed by atoms with van der Waals surface area (Å²) in [6.07, 6.45) is 7.79. The van der Waals surface area contributed by atoms with E-state index in [0.717, 1.165) is 33.5 Å². The molecule has 0 aliphatic rings. The Morgan fingerprint density at radius 3 is 2.63 bits per heavy atom. The van der Waals surface area contributed by atoms with Gasteiger partial charge in [-0.3, -0.25) is 0 Å².